The number of Topliss-reactive ketones (excluding diaryl/α,β-unsaturated/α-hetero) is 2. The average molecular weight is 1520 g/mol. The second-order valence-electron chi connectivity index (χ2n) is 26.1. The Morgan fingerprint density at radius 3 is 1.51 bits per heavy atom. The number of benzene rings is 5. The molecule has 28 nitrogen and oxygen atoms in total. The van der Waals surface area contributed by atoms with Crippen molar-refractivity contribution in [1.82, 2.24) is 26.6 Å². The first kappa shape index (κ1) is 85.7. The number of carboxylic acid groups (broad SMARTS) is 2. The van der Waals surface area contributed by atoms with Gasteiger partial charge < -0.3 is 91.1 Å². The first-order valence-electron chi connectivity index (χ1n) is 35.6. The standard InChI is InChI=1S/C77H97N5O23S2/c1-48(84)81-66-60(88)43-76(47-83,104-70(66)68(94)62(90)45-79-72(96)54-28-24-52(25-29-54)50-16-5-3-6-17-50)102-36-14-40-107-41-34-78-74(98)56-32-33-58(64(42-56)101-35-12-11-21-57(86)20-9-10-23-65(92)93)59(87)22-13-38-106-39-15-37-103-77(75(99)100)44-61(89)67(82-49(2)85)71(105-77)69(95)63(91)46-80-73(97)55-30-26-53(27-31-55)51-18-7-4-8-19-51/h3-8,16-19,24-33,42,47,60-63,66-71,88-91,94-95H,9-15,20-23,34-41,43-46H2,1-2H3,(H,78,98)(H,79,96)(H,80,97)(H,81,84)(H,82,85)(H,92,93)(H,99,100)/t60-,61-,62+,63+,66+,67+,68+,69+,70+,71+,76+,77+/m0/s1. The van der Waals surface area contributed by atoms with E-state index in [1.165, 1.54) is 48.6 Å². The number of ether oxygens (including phenoxy) is 5. The van der Waals surface area contributed by atoms with Gasteiger partial charge in [0.2, 0.25) is 17.6 Å². The van der Waals surface area contributed by atoms with Crippen molar-refractivity contribution in [2.45, 2.75) is 170 Å². The number of carboxylic acids is 2. The third-order valence-corrected chi connectivity index (χ3v) is 20.1. The zero-order valence-electron chi connectivity index (χ0n) is 59.8. The molecule has 5 aromatic carbocycles. The summed E-state index contributed by atoms with van der Waals surface area (Å²) in [6.07, 6.45) is -11.2. The van der Waals surface area contributed by atoms with Crippen LogP contribution in [0.15, 0.2) is 127 Å². The second-order valence-corrected chi connectivity index (χ2v) is 28.6. The van der Waals surface area contributed by atoms with Crippen molar-refractivity contribution in [1.29, 1.82) is 0 Å². The predicted molar refractivity (Wildman–Crippen MR) is 396 cm³/mol. The molecule has 2 aliphatic heterocycles. The fourth-order valence-corrected chi connectivity index (χ4v) is 13.8. The molecule has 0 unspecified atom stereocenters. The van der Waals surface area contributed by atoms with E-state index in [0.717, 1.165) is 29.2 Å². The van der Waals surface area contributed by atoms with E-state index in [1.54, 1.807) is 48.5 Å². The number of unbranched alkanes of at least 4 members (excludes halogenated alkanes) is 2. The average Bonchev–Trinajstić information content (AvgIpc) is 0.776. The van der Waals surface area contributed by atoms with Gasteiger partial charge in [-0.05, 0) is 127 Å². The number of nitrogens with one attached hydrogen (secondary N) is 5. The summed E-state index contributed by atoms with van der Waals surface area (Å²) >= 11 is 2.88. The fourth-order valence-electron chi connectivity index (χ4n) is 12.2. The minimum absolute atomic E-state index is 0.0145. The van der Waals surface area contributed by atoms with Gasteiger partial charge in [0.1, 0.15) is 35.9 Å². The van der Waals surface area contributed by atoms with Crippen LogP contribution in [0.2, 0.25) is 0 Å². The highest BCUT2D eigenvalue weighted by Crippen LogP contribution is 2.36. The van der Waals surface area contributed by atoms with Crippen molar-refractivity contribution < 1.29 is 112 Å². The van der Waals surface area contributed by atoms with Gasteiger partial charge in [0.05, 0.1) is 61.9 Å². The van der Waals surface area contributed by atoms with E-state index in [9.17, 15) is 83.7 Å². The SMILES string of the molecule is CC(=O)N[C@H]1[C@H]([C@H](O)[C@H](O)CNC(=O)c2ccc(-c3ccccc3)cc2)O[C@](C=O)(OCCCSCCNC(=O)c2ccc(C(=O)CCCSCCCO[C@]3(C(=O)O)C[C@H](O)[C@@H](NC(C)=O)[C@H]([C@H](O)[C@H](O)CNC(=O)c4ccc(-c5ccccc5)cc4)O3)c(OCCCCC(=O)CCCCC(=O)O)c2)C[C@@H]1O. The number of aldehydes is 1. The molecule has 13 N–H and O–H groups in total. The summed E-state index contributed by atoms with van der Waals surface area (Å²) in [5, 5.41) is 99.8. The molecule has 2 saturated heterocycles. The van der Waals surface area contributed by atoms with Gasteiger partial charge in [0.25, 0.3) is 23.5 Å². The highest BCUT2D eigenvalue weighted by Gasteiger charge is 2.56. The van der Waals surface area contributed by atoms with Crippen LogP contribution in [0.5, 0.6) is 5.75 Å². The van der Waals surface area contributed by atoms with Crippen molar-refractivity contribution in [3.8, 4) is 28.0 Å². The Bertz CT molecular complexity index is 3730. The predicted octanol–water partition coefficient (Wildman–Crippen LogP) is 5.05. The highest BCUT2D eigenvalue weighted by atomic mass is 32.2. The minimum Gasteiger partial charge on any atom is -0.493 e. The van der Waals surface area contributed by atoms with Crippen molar-refractivity contribution in [2.75, 3.05) is 62.5 Å². The van der Waals surface area contributed by atoms with Gasteiger partial charge in [0.15, 0.2) is 12.1 Å². The van der Waals surface area contributed by atoms with Crippen LogP contribution < -0.4 is 31.3 Å². The molecule has 580 valence electrons. The minimum atomic E-state index is -2.53. The van der Waals surface area contributed by atoms with Crippen LogP contribution in [-0.2, 0) is 47.7 Å². The Kier molecular flexibility index (Phi) is 34.8. The number of rotatable bonds is 46. The molecule has 2 aliphatic rings. The Hall–Kier alpha value is -8.50. The molecule has 107 heavy (non-hydrogen) atoms. The summed E-state index contributed by atoms with van der Waals surface area (Å²) in [6.45, 7) is 1.37. The van der Waals surface area contributed by atoms with Crippen molar-refractivity contribution >= 4 is 82.9 Å². The lowest BCUT2D eigenvalue weighted by molar-refractivity contribution is -0.310. The lowest BCUT2D eigenvalue weighted by Crippen LogP contribution is -2.68. The maximum atomic E-state index is 13.8. The Labute approximate surface area is 628 Å². The van der Waals surface area contributed by atoms with E-state index in [-0.39, 0.29) is 98.0 Å². The third-order valence-electron chi connectivity index (χ3n) is 17.8. The van der Waals surface area contributed by atoms with Gasteiger partial charge in [-0.15, -0.1) is 0 Å². The van der Waals surface area contributed by atoms with Gasteiger partial charge in [-0.1, -0.05) is 84.9 Å². The zero-order chi connectivity index (χ0) is 77.5. The Balaban J connectivity index is 0.858. The molecule has 5 amide bonds. The fraction of sp³-hybridized carbons (Fsp3) is 0.481. The number of ketones is 2. The summed E-state index contributed by atoms with van der Waals surface area (Å²) in [7, 11) is 0. The van der Waals surface area contributed by atoms with Crippen molar-refractivity contribution in [2.24, 2.45) is 0 Å². The molecule has 7 rings (SSSR count). The molecule has 0 radical (unpaired) electrons. The van der Waals surface area contributed by atoms with Crippen LogP contribution >= 0.6 is 23.5 Å². The molecular formula is C77H97N5O23S2. The number of hydrogen-bond donors (Lipinski definition) is 13. The van der Waals surface area contributed by atoms with Crippen LogP contribution in [0.25, 0.3) is 22.3 Å². The maximum absolute atomic E-state index is 13.8. The number of amides is 5. The topological polar surface area (TPSA) is 439 Å². The van der Waals surface area contributed by atoms with E-state index < -0.39 is 140 Å². The van der Waals surface area contributed by atoms with Gasteiger partial charge in [-0.25, -0.2) is 4.79 Å². The van der Waals surface area contributed by atoms with E-state index in [0.29, 0.717) is 67.8 Å². The summed E-state index contributed by atoms with van der Waals surface area (Å²) in [5.74, 6) is -8.37. The van der Waals surface area contributed by atoms with Gasteiger partial charge in [0, 0.05) is 94.4 Å². The normalized spacial score (nSPS) is 20.9. The van der Waals surface area contributed by atoms with Crippen LogP contribution in [0.4, 0.5) is 0 Å². The number of carbonyl (C=O) groups excluding carboxylic acids is 8. The number of aliphatic hydroxyl groups excluding tert-OH is 6. The van der Waals surface area contributed by atoms with Crippen LogP contribution in [0, 0.1) is 0 Å². The maximum Gasteiger partial charge on any atom is 0.364 e. The van der Waals surface area contributed by atoms with Crippen LogP contribution in [0.3, 0.4) is 0 Å². The molecule has 2 fully saturated rings. The van der Waals surface area contributed by atoms with E-state index in [2.05, 4.69) is 26.6 Å². The molecular weight excluding hydrogens is 1430 g/mol. The van der Waals surface area contributed by atoms with Gasteiger partial charge in [-0.3, -0.25) is 43.2 Å². The molecule has 12 atom stereocenters. The zero-order valence-corrected chi connectivity index (χ0v) is 61.4. The molecule has 30 heteroatoms. The molecule has 0 aliphatic carbocycles. The Morgan fingerprint density at radius 2 is 0.991 bits per heavy atom. The van der Waals surface area contributed by atoms with Crippen molar-refractivity contribution in [3.63, 3.8) is 0 Å². The molecule has 0 bridgehead atoms. The summed E-state index contributed by atoms with van der Waals surface area (Å²) in [5.41, 5.74) is 4.58. The molecule has 0 saturated carbocycles. The smallest absolute Gasteiger partial charge is 0.364 e. The van der Waals surface area contributed by atoms with E-state index in [4.69, 9.17) is 28.8 Å². The Morgan fingerprint density at radius 1 is 0.523 bits per heavy atom. The molecule has 5 aromatic rings. The largest absolute Gasteiger partial charge is 0.493 e. The van der Waals surface area contributed by atoms with Crippen LogP contribution in [0.1, 0.15) is 139 Å². The quantitative estimate of drug-likeness (QED) is 0.0138. The first-order chi connectivity index (χ1) is 51.3. The van der Waals surface area contributed by atoms with E-state index in [1.807, 2.05) is 60.7 Å². The van der Waals surface area contributed by atoms with E-state index >= 15 is 0 Å². The number of aliphatic carboxylic acids is 2. The number of carbonyl (C=O) groups is 10. The monoisotopic (exact) mass is 1520 g/mol. The molecule has 0 aromatic heterocycles. The summed E-state index contributed by atoms with van der Waals surface area (Å²) < 4.78 is 29.7. The lowest BCUT2D eigenvalue weighted by atomic mass is 9.88. The van der Waals surface area contributed by atoms with Gasteiger partial charge >= 0.3 is 11.9 Å². The number of aliphatic hydroxyl groups is 6. The second kappa shape index (κ2) is 43.5. The molecule has 2 heterocycles. The first-order valence-corrected chi connectivity index (χ1v) is 37.9. The third kappa shape index (κ3) is 26.7. The van der Waals surface area contributed by atoms with Crippen LogP contribution in [-0.4, -0.2) is 235 Å². The number of hydrogen-bond acceptors (Lipinski definition) is 23. The summed E-state index contributed by atoms with van der Waals surface area (Å²) in [4.78, 5) is 127. The highest BCUT2D eigenvalue weighted by molar-refractivity contribution is 7.99. The van der Waals surface area contributed by atoms with Crippen molar-refractivity contribution in [3.05, 3.63) is 150 Å². The van der Waals surface area contributed by atoms with Gasteiger partial charge in [-0.2, -0.15) is 23.5 Å². The molecule has 0 spiro atoms. The summed E-state index contributed by atoms with van der Waals surface area (Å²) in [6, 6.07) is 34.2. The number of thioether (sulfide) groups is 2. The lowest BCUT2D eigenvalue weighted by Gasteiger charge is -2.46.